The van der Waals surface area contributed by atoms with Gasteiger partial charge in [-0.15, -0.1) is 23.6 Å². The summed E-state index contributed by atoms with van der Waals surface area (Å²) in [6.07, 6.45) is 8.48. The van der Waals surface area contributed by atoms with E-state index in [4.69, 9.17) is 4.42 Å². The smallest absolute Gasteiger partial charge is 0.162 e. The third-order valence-electron chi connectivity index (χ3n) is 9.67. The number of allylic oxidation sites excluding steroid dienone is 2. The molecular weight excluding hydrogens is 785 g/mol. The van der Waals surface area contributed by atoms with Gasteiger partial charge in [0.15, 0.2) is 5.78 Å². The van der Waals surface area contributed by atoms with Crippen LogP contribution in [0.1, 0.15) is 64.5 Å². The molecule has 0 saturated heterocycles. The van der Waals surface area contributed by atoms with Gasteiger partial charge in [0, 0.05) is 49.1 Å². The Labute approximate surface area is 302 Å². The predicted molar refractivity (Wildman–Crippen MR) is 196 cm³/mol. The quantitative estimate of drug-likeness (QED) is 0.0892. The zero-order valence-corrected chi connectivity index (χ0v) is 31.0. The monoisotopic (exact) mass is 828 g/mol. The number of benzene rings is 4. The molecule has 49 heavy (non-hydrogen) atoms. The largest absolute Gasteiger partial charge is 0.512 e. The molecule has 0 amide bonds. The summed E-state index contributed by atoms with van der Waals surface area (Å²) < 4.78 is 6.52. The third-order valence-corrected chi connectivity index (χ3v) is 9.67. The van der Waals surface area contributed by atoms with Gasteiger partial charge in [0.2, 0.25) is 0 Å². The first-order valence-corrected chi connectivity index (χ1v) is 17.3. The van der Waals surface area contributed by atoms with E-state index >= 15 is 0 Å². The van der Waals surface area contributed by atoms with Crippen LogP contribution in [0.25, 0.3) is 55.6 Å². The molecule has 0 atom stereocenters. The number of hydrogen-bond acceptors (Lipinski definition) is 5. The molecule has 7 rings (SSSR count). The number of furan rings is 1. The van der Waals surface area contributed by atoms with E-state index in [-0.39, 0.29) is 43.5 Å². The van der Waals surface area contributed by atoms with Gasteiger partial charge in [0.1, 0.15) is 23.2 Å². The summed E-state index contributed by atoms with van der Waals surface area (Å²) in [7, 11) is 0. The van der Waals surface area contributed by atoms with Gasteiger partial charge >= 0.3 is 0 Å². The van der Waals surface area contributed by atoms with Gasteiger partial charge in [0.05, 0.1) is 11.5 Å². The van der Waals surface area contributed by atoms with Crippen LogP contribution in [-0.4, -0.2) is 20.9 Å². The van der Waals surface area contributed by atoms with Gasteiger partial charge in [-0.1, -0.05) is 117 Å². The Kier molecular flexibility index (Phi) is 12.0. The minimum Gasteiger partial charge on any atom is -0.512 e. The van der Waals surface area contributed by atoms with Gasteiger partial charge in [0.25, 0.3) is 0 Å². The molecule has 0 saturated carbocycles. The van der Waals surface area contributed by atoms with E-state index in [1.165, 1.54) is 28.2 Å². The number of carbonyl (C=O) groups is 1. The molecule has 4 aromatic carbocycles. The Morgan fingerprint density at radius 3 is 2.24 bits per heavy atom. The predicted octanol–water partition coefficient (Wildman–Crippen LogP) is 11.1. The van der Waals surface area contributed by atoms with Crippen molar-refractivity contribution in [2.75, 3.05) is 0 Å². The first-order valence-electron chi connectivity index (χ1n) is 17.3. The summed E-state index contributed by atoms with van der Waals surface area (Å²) in [5.41, 5.74) is 9.34. The Hall–Kier alpha value is -4.38. The number of fused-ring (bicyclic) bond motifs is 6. The van der Waals surface area contributed by atoms with E-state index < -0.39 is 0 Å². The maximum atomic E-state index is 11.7. The Morgan fingerprint density at radius 2 is 1.51 bits per heavy atom. The second-order valence-electron chi connectivity index (χ2n) is 12.5. The van der Waals surface area contributed by atoms with E-state index in [2.05, 4.69) is 94.9 Å². The molecule has 0 spiro atoms. The average molecular weight is 828 g/mol. The van der Waals surface area contributed by atoms with Crippen molar-refractivity contribution in [2.24, 2.45) is 11.8 Å². The first-order chi connectivity index (χ1) is 23.5. The maximum Gasteiger partial charge on any atom is 0.162 e. The van der Waals surface area contributed by atoms with Crippen molar-refractivity contribution >= 4 is 27.7 Å². The van der Waals surface area contributed by atoms with Crippen LogP contribution in [0.2, 0.25) is 0 Å². The van der Waals surface area contributed by atoms with Crippen molar-refractivity contribution in [3.8, 4) is 33.7 Å². The van der Waals surface area contributed by atoms with Crippen LogP contribution >= 0.6 is 0 Å². The van der Waals surface area contributed by atoms with Gasteiger partial charge in [-0.05, 0) is 49.7 Å². The van der Waals surface area contributed by atoms with Gasteiger partial charge < -0.3 is 9.52 Å². The molecule has 5 nitrogen and oxygen atoms in total. The van der Waals surface area contributed by atoms with Crippen LogP contribution in [0.15, 0.2) is 108 Å². The van der Waals surface area contributed by atoms with Crippen molar-refractivity contribution in [2.45, 2.75) is 66.2 Å². The Balaban J connectivity index is 0.000000252. The summed E-state index contributed by atoms with van der Waals surface area (Å²) >= 11 is 0. The number of aryl methyl sites for hydroxylation is 2. The number of aliphatic hydroxyl groups is 1. The standard InChI is InChI=1S/C30H19N2O.C13H24O2.Ir/c1-2-8-19(9-3-1)26-17-22(16-21-11-5-6-12-23(21)26)27-30-28(32-18-31-27)25-15-14-20-10-4-7-13-24(20)29(25)33-30;1-5-10(6-2)12(14)9-13(15)11(7-3)8-4;/h1-13,17-18H,14-15H2;9-11,14H,5-8H2,1-4H3;/q-1;;/b;12-9-;. The van der Waals surface area contributed by atoms with Gasteiger partial charge in [-0.25, -0.2) is 4.98 Å². The molecule has 0 fully saturated rings. The number of carbonyl (C=O) groups excluding carboxylic acids is 1. The summed E-state index contributed by atoms with van der Waals surface area (Å²) in [5, 5.41) is 12.0. The molecule has 1 aliphatic carbocycles. The third kappa shape index (κ3) is 7.46. The topological polar surface area (TPSA) is 76.2 Å². The molecule has 253 valence electrons. The summed E-state index contributed by atoms with van der Waals surface area (Å²) in [4.78, 5) is 21.0. The molecule has 0 unspecified atom stereocenters. The molecule has 1 N–H and O–H groups in total. The van der Waals surface area contributed by atoms with Crippen molar-refractivity contribution in [1.29, 1.82) is 0 Å². The van der Waals surface area contributed by atoms with Crippen LogP contribution in [-0.2, 0) is 37.7 Å². The fourth-order valence-corrected chi connectivity index (χ4v) is 6.81. The van der Waals surface area contributed by atoms with Gasteiger partial charge in [-0.2, -0.15) is 0 Å². The number of ketones is 1. The molecule has 0 aliphatic heterocycles. The van der Waals surface area contributed by atoms with E-state index in [9.17, 15) is 9.90 Å². The molecule has 6 heteroatoms. The van der Waals surface area contributed by atoms with E-state index in [0.29, 0.717) is 0 Å². The number of aromatic nitrogens is 2. The van der Waals surface area contributed by atoms with Crippen LogP contribution in [0.3, 0.4) is 0 Å². The summed E-state index contributed by atoms with van der Waals surface area (Å²) in [6, 6.07) is 33.1. The number of hydrogen-bond donors (Lipinski definition) is 1. The van der Waals surface area contributed by atoms with Crippen LogP contribution in [0, 0.1) is 17.9 Å². The van der Waals surface area contributed by atoms with Crippen molar-refractivity contribution in [1.82, 2.24) is 9.97 Å². The summed E-state index contributed by atoms with van der Waals surface area (Å²) in [5.74, 6) is 1.48. The minimum absolute atomic E-state index is 0. The second kappa shape index (κ2) is 16.3. The first kappa shape index (κ1) is 35.9. The van der Waals surface area contributed by atoms with Crippen molar-refractivity contribution in [3.63, 3.8) is 0 Å². The fraction of sp³-hybridized carbons (Fsp3) is 0.279. The molecular formula is C43H43IrN2O3-. The molecule has 1 radical (unpaired) electrons. The Morgan fingerprint density at radius 1 is 0.837 bits per heavy atom. The normalized spacial score (nSPS) is 12.3. The van der Waals surface area contributed by atoms with E-state index in [1.807, 2.05) is 33.8 Å². The average Bonchev–Trinajstić information content (AvgIpc) is 3.52. The fourth-order valence-electron chi connectivity index (χ4n) is 6.81. The zero-order valence-electron chi connectivity index (χ0n) is 28.6. The van der Waals surface area contributed by atoms with E-state index in [1.54, 1.807) is 6.33 Å². The second-order valence-corrected chi connectivity index (χ2v) is 12.5. The van der Waals surface area contributed by atoms with Crippen LogP contribution < -0.4 is 0 Å². The van der Waals surface area contributed by atoms with Crippen LogP contribution in [0.5, 0.6) is 0 Å². The van der Waals surface area contributed by atoms with Crippen molar-refractivity contribution < 1.29 is 34.4 Å². The number of rotatable bonds is 9. The van der Waals surface area contributed by atoms with Crippen molar-refractivity contribution in [3.05, 3.63) is 120 Å². The zero-order chi connectivity index (χ0) is 33.6. The van der Waals surface area contributed by atoms with Gasteiger partial charge in [-0.3, -0.25) is 9.78 Å². The Bertz CT molecular complexity index is 2070. The minimum atomic E-state index is 0. The van der Waals surface area contributed by atoms with Crippen LogP contribution in [0.4, 0.5) is 0 Å². The number of nitrogens with zero attached hydrogens (tertiary/aromatic N) is 2. The maximum absolute atomic E-state index is 11.7. The van der Waals surface area contributed by atoms with E-state index in [0.717, 1.165) is 83.2 Å². The molecule has 2 aromatic heterocycles. The SMILES string of the molecule is CCC(CC)C(=O)/C=C(\O)C(CC)CC.[Ir].[c-]1c(-c2ncnc3c4c(oc23)-c2ccccc2CC4)cc(-c2ccccc2)c2ccccc12. The number of aliphatic hydroxyl groups excluding tert-OH is 1. The molecule has 6 aromatic rings. The molecule has 0 bridgehead atoms. The molecule has 2 heterocycles. The molecule has 1 aliphatic rings. The summed E-state index contributed by atoms with van der Waals surface area (Å²) in [6.45, 7) is 8.07.